The first kappa shape index (κ1) is 18.5. The second-order valence-corrected chi connectivity index (χ2v) is 6.87. The number of carboxylic acid groups (broad SMARTS) is 1. The average molecular weight is 475 g/mol. The Morgan fingerprint density at radius 1 is 1.46 bits per heavy atom. The summed E-state index contributed by atoms with van der Waals surface area (Å²) in [5.74, 6) is -0.805. The molecule has 0 fully saturated rings. The van der Waals surface area contributed by atoms with E-state index in [2.05, 4.69) is 41.8 Å². The van der Waals surface area contributed by atoms with Gasteiger partial charge in [0.05, 0.1) is 14.6 Å². The smallest absolute Gasteiger partial charge is 0.341 e. The standard InChI is InChI=1S/C14H9Br2N3O4S/c1-24-14-18-11(7(4-17)13(22)19-14)6-2-8(15)12(9(16)3-6)23-5-10(20)21/h2-3H,5H2,1H3,(H,20,21)(H,18,19,22). The van der Waals surface area contributed by atoms with Gasteiger partial charge >= 0.3 is 5.97 Å². The summed E-state index contributed by atoms with van der Waals surface area (Å²) >= 11 is 7.84. The normalized spacial score (nSPS) is 10.2. The maximum atomic E-state index is 12.0. The summed E-state index contributed by atoms with van der Waals surface area (Å²) in [6, 6.07) is 5.06. The van der Waals surface area contributed by atoms with Gasteiger partial charge in [0.1, 0.15) is 17.4 Å². The highest BCUT2D eigenvalue weighted by atomic mass is 79.9. The number of nitriles is 1. The van der Waals surface area contributed by atoms with Crippen molar-refractivity contribution in [3.05, 3.63) is 37.0 Å². The Bertz CT molecular complexity index is 885. The van der Waals surface area contributed by atoms with Crippen LogP contribution in [0, 0.1) is 11.3 Å². The van der Waals surface area contributed by atoms with E-state index in [1.165, 1.54) is 11.8 Å². The molecule has 0 spiro atoms. The monoisotopic (exact) mass is 473 g/mol. The van der Waals surface area contributed by atoms with Crippen molar-refractivity contribution in [1.29, 1.82) is 5.26 Å². The van der Waals surface area contributed by atoms with E-state index >= 15 is 0 Å². The summed E-state index contributed by atoms with van der Waals surface area (Å²) < 4.78 is 6.12. The van der Waals surface area contributed by atoms with Crippen molar-refractivity contribution < 1.29 is 14.6 Å². The van der Waals surface area contributed by atoms with Gasteiger partial charge < -0.3 is 14.8 Å². The predicted octanol–water partition coefficient (Wildman–Crippen LogP) is 3.02. The number of hydrogen-bond acceptors (Lipinski definition) is 6. The van der Waals surface area contributed by atoms with E-state index in [4.69, 9.17) is 9.84 Å². The number of aromatic amines is 1. The molecule has 0 amide bonds. The lowest BCUT2D eigenvalue weighted by atomic mass is 10.1. The van der Waals surface area contributed by atoms with Gasteiger partial charge in [-0.15, -0.1) is 0 Å². The number of carboxylic acids is 1. The zero-order chi connectivity index (χ0) is 17.9. The Morgan fingerprint density at radius 3 is 2.58 bits per heavy atom. The molecule has 1 aromatic heterocycles. The molecule has 0 unspecified atom stereocenters. The number of rotatable bonds is 5. The van der Waals surface area contributed by atoms with Crippen molar-refractivity contribution in [2.45, 2.75) is 5.16 Å². The third kappa shape index (κ3) is 3.98. The Labute approximate surface area is 157 Å². The lowest BCUT2D eigenvalue weighted by Gasteiger charge is -2.11. The van der Waals surface area contributed by atoms with Crippen LogP contribution < -0.4 is 10.3 Å². The number of aliphatic carboxylic acids is 1. The van der Waals surface area contributed by atoms with Crippen molar-refractivity contribution in [2.24, 2.45) is 0 Å². The second kappa shape index (κ2) is 7.83. The molecule has 2 N–H and O–H groups in total. The zero-order valence-electron chi connectivity index (χ0n) is 12.1. The predicted molar refractivity (Wildman–Crippen MR) is 95.3 cm³/mol. The van der Waals surface area contributed by atoms with Gasteiger partial charge in [0.25, 0.3) is 5.56 Å². The van der Waals surface area contributed by atoms with Crippen molar-refractivity contribution in [3.8, 4) is 23.1 Å². The Balaban J connectivity index is 2.59. The molecule has 10 heteroatoms. The minimum atomic E-state index is -1.11. The van der Waals surface area contributed by atoms with Crippen LogP contribution in [0.3, 0.4) is 0 Å². The van der Waals surface area contributed by atoms with Gasteiger partial charge in [0.2, 0.25) is 0 Å². The first-order valence-corrected chi connectivity index (χ1v) is 9.10. The molecule has 0 aliphatic carbocycles. The number of thioether (sulfide) groups is 1. The van der Waals surface area contributed by atoms with Crippen LogP contribution in [0.15, 0.2) is 31.0 Å². The summed E-state index contributed by atoms with van der Waals surface area (Å²) in [5.41, 5.74) is 0.113. The van der Waals surface area contributed by atoms with Crippen LogP contribution in [0.5, 0.6) is 5.75 Å². The largest absolute Gasteiger partial charge is 0.480 e. The number of hydrogen-bond donors (Lipinski definition) is 2. The van der Waals surface area contributed by atoms with E-state index in [1.54, 1.807) is 18.4 Å². The minimum Gasteiger partial charge on any atom is -0.480 e. The van der Waals surface area contributed by atoms with Crippen molar-refractivity contribution >= 4 is 49.6 Å². The molecular weight excluding hydrogens is 466 g/mol. The molecule has 2 aromatic rings. The number of H-pyrrole nitrogens is 1. The molecule has 0 aliphatic heterocycles. The van der Waals surface area contributed by atoms with Gasteiger partial charge in [-0.05, 0) is 50.2 Å². The van der Waals surface area contributed by atoms with E-state index in [0.29, 0.717) is 25.4 Å². The molecule has 0 saturated carbocycles. The van der Waals surface area contributed by atoms with E-state index < -0.39 is 18.1 Å². The van der Waals surface area contributed by atoms with Gasteiger partial charge in [0, 0.05) is 5.56 Å². The van der Waals surface area contributed by atoms with Crippen molar-refractivity contribution in [3.63, 3.8) is 0 Å². The highest BCUT2D eigenvalue weighted by Crippen LogP contribution is 2.38. The number of carbonyl (C=O) groups is 1. The second-order valence-electron chi connectivity index (χ2n) is 4.36. The summed E-state index contributed by atoms with van der Waals surface area (Å²) in [4.78, 5) is 29.4. The number of aromatic nitrogens is 2. The molecule has 124 valence electrons. The first-order chi connectivity index (χ1) is 11.4. The van der Waals surface area contributed by atoms with Crippen molar-refractivity contribution in [1.82, 2.24) is 9.97 Å². The molecule has 0 atom stereocenters. The highest BCUT2D eigenvalue weighted by Gasteiger charge is 2.17. The van der Waals surface area contributed by atoms with Crippen LogP contribution in [-0.4, -0.2) is 33.9 Å². The summed E-state index contributed by atoms with van der Waals surface area (Å²) in [6.45, 7) is -0.500. The average Bonchev–Trinajstić information content (AvgIpc) is 2.52. The van der Waals surface area contributed by atoms with E-state index in [0.717, 1.165) is 0 Å². The summed E-state index contributed by atoms with van der Waals surface area (Å²) in [7, 11) is 0. The number of nitrogens with zero attached hydrogens (tertiary/aromatic N) is 2. The van der Waals surface area contributed by atoms with Crippen LogP contribution in [0.25, 0.3) is 11.3 Å². The lowest BCUT2D eigenvalue weighted by molar-refractivity contribution is -0.139. The topological polar surface area (TPSA) is 116 Å². The number of benzene rings is 1. The third-order valence-corrected chi connectivity index (χ3v) is 4.57. The molecule has 1 heterocycles. The van der Waals surface area contributed by atoms with Crippen LogP contribution >= 0.6 is 43.6 Å². The number of nitrogens with one attached hydrogen (secondary N) is 1. The van der Waals surface area contributed by atoms with E-state index in [-0.39, 0.29) is 11.3 Å². The van der Waals surface area contributed by atoms with E-state index in [1.807, 2.05) is 6.07 Å². The fourth-order valence-corrected chi connectivity index (χ4v) is 3.62. The summed E-state index contributed by atoms with van der Waals surface area (Å²) in [6.07, 6.45) is 1.75. The molecule has 2 rings (SSSR count). The molecule has 0 aliphatic rings. The van der Waals surface area contributed by atoms with Gasteiger partial charge in [-0.3, -0.25) is 4.79 Å². The third-order valence-electron chi connectivity index (χ3n) is 2.81. The quantitative estimate of drug-likeness (QED) is 0.505. The molecule has 0 bridgehead atoms. The summed E-state index contributed by atoms with van der Waals surface area (Å²) in [5, 5.41) is 18.3. The van der Waals surface area contributed by atoms with E-state index in [9.17, 15) is 14.9 Å². The van der Waals surface area contributed by atoms with Gasteiger partial charge in [0.15, 0.2) is 11.8 Å². The fraction of sp³-hybridized carbons (Fsp3) is 0.143. The minimum absolute atomic E-state index is 0.106. The maximum Gasteiger partial charge on any atom is 0.341 e. The molecule has 1 aromatic carbocycles. The van der Waals surface area contributed by atoms with Crippen LogP contribution in [0.2, 0.25) is 0 Å². The first-order valence-electron chi connectivity index (χ1n) is 6.29. The lowest BCUT2D eigenvalue weighted by Crippen LogP contribution is -2.14. The SMILES string of the molecule is CSc1nc(-c2cc(Br)c(OCC(=O)O)c(Br)c2)c(C#N)c(=O)[nH]1. The number of ether oxygens (including phenoxy) is 1. The van der Waals surface area contributed by atoms with Crippen LogP contribution in [0.1, 0.15) is 5.56 Å². The Kier molecular flexibility index (Phi) is 6.04. The number of halogens is 2. The van der Waals surface area contributed by atoms with Gasteiger partial charge in [-0.2, -0.15) is 5.26 Å². The zero-order valence-corrected chi connectivity index (χ0v) is 16.1. The molecular formula is C14H9Br2N3O4S. The van der Waals surface area contributed by atoms with Gasteiger partial charge in [-0.25, -0.2) is 9.78 Å². The maximum absolute atomic E-state index is 12.0. The molecule has 0 saturated heterocycles. The highest BCUT2D eigenvalue weighted by molar-refractivity contribution is 9.11. The fourth-order valence-electron chi connectivity index (χ4n) is 1.83. The van der Waals surface area contributed by atoms with Crippen LogP contribution in [-0.2, 0) is 4.79 Å². The Hall–Kier alpha value is -1.83. The molecule has 7 nitrogen and oxygen atoms in total. The molecule has 0 radical (unpaired) electrons. The van der Waals surface area contributed by atoms with Gasteiger partial charge in [-0.1, -0.05) is 11.8 Å². The Morgan fingerprint density at radius 2 is 2.08 bits per heavy atom. The molecule has 24 heavy (non-hydrogen) atoms. The van der Waals surface area contributed by atoms with Crippen LogP contribution in [0.4, 0.5) is 0 Å². The van der Waals surface area contributed by atoms with Crippen molar-refractivity contribution in [2.75, 3.05) is 12.9 Å².